The molecule has 4 fully saturated rings. The molecule has 0 saturated carbocycles. The van der Waals surface area contributed by atoms with Crippen molar-refractivity contribution in [2.24, 2.45) is 0 Å². The lowest BCUT2D eigenvalue weighted by atomic mass is 9.82. The number of fused-ring (bicyclic) bond motifs is 1. The zero-order valence-corrected chi connectivity index (χ0v) is 37.0. The van der Waals surface area contributed by atoms with Gasteiger partial charge in [-0.05, 0) is 112 Å². The Balaban J connectivity index is 0.860. The van der Waals surface area contributed by atoms with E-state index in [1.807, 2.05) is 11.0 Å². The van der Waals surface area contributed by atoms with Crippen LogP contribution in [0.3, 0.4) is 0 Å². The van der Waals surface area contributed by atoms with E-state index < -0.39 is 39.3 Å². The second-order valence-electron chi connectivity index (χ2n) is 17.2. The molecule has 1 spiro atoms. The number of anilines is 2. The highest BCUT2D eigenvalue weighted by atomic mass is 32.2. The van der Waals surface area contributed by atoms with E-state index in [2.05, 4.69) is 25.2 Å². The molecule has 65 heavy (non-hydrogen) atoms. The van der Waals surface area contributed by atoms with E-state index in [9.17, 15) is 32.9 Å². The van der Waals surface area contributed by atoms with Gasteiger partial charge in [-0.2, -0.15) is 18.0 Å². The molecule has 20 heteroatoms. The number of hydrogen-bond donors (Lipinski definition) is 3. The molecule has 2 unspecified atom stereocenters. The van der Waals surface area contributed by atoms with Crippen molar-refractivity contribution in [3.63, 3.8) is 0 Å². The van der Waals surface area contributed by atoms with E-state index in [1.165, 1.54) is 31.6 Å². The van der Waals surface area contributed by atoms with Crippen molar-refractivity contribution in [1.29, 1.82) is 5.26 Å². The number of carbonyl (C=O) groups is 3. The third-order valence-corrected chi connectivity index (χ3v) is 14.7. The van der Waals surface area contributed by atoms with Crippen LogP contribution in [-0.2, 0) is 29.3 Å². The third kappa shape index (κ3) is 9.83. The average molecular weight is 916 g/mol. The fourth-order valence-corrected chi connectivity index (χ4v) is 10.2. The van der Waals surface area contributed by atoms with E-state index in [-0.39, 0.29) is 77.0 Å². The van der Waals surface area contributed by atoms with Gasteiger partial charge in [0.15, 0.2) is 11.6 Å². The van der Waals surface area contributed by atoms with Crippen LogP contribution in [0.4, 0.5) is 20.2 Å². The summed E-state index contributed by atoms with van der Waals surface area (Å²) in [6.07, 6.45) is 5.74. The predicted molar refractivity (Wildman–Crippen MR) is 235 cm³/mol. The van der Waals surface area contributed by atoms with Gasteiger partial charge in [-0.3, -0.25) is 38.7 Å². The molecule has 4 saturated heterocycles. The molecule has 0 bridgehead atoms. The highest BCUT2D eigenvalue weighted by molar-refractivity contribution is 7.90. The van der Waals surface area contributed by atoms with Crippen molar-refractivity contribution in [2.45, 2.75) is 81.9 Å². The number of halogens is 2. The summed E-state index contributed by atoms with van der Waals surface area (Å²) in [5.74, 6) is -2.44. The van der Waals surface area contributed by atoms with Gasteiger partial charge < -0.3 is 19.7 Å². The maximum absolute atomic E-state index is 15.3. The number of ether oxygens (including phenoxy) is 2. The van der Waals surface area contributed by atoms with Crippen LogP contribution in [0, 0.1) is 23.0 Å². The van der Waals surface area contributed by atoms with Crippen molar-refractivity contribution in [1.82, 2.24) is 29.0 Å². The summed E-state index contributed by atoms with van der Waals surface area (Å²) in [6, 6.07) is 12.5. The number of amides is 3. The molecule has 0 radical (unpaired) electrons. The lowest BCUT2D eigenvalue weighted by Gasteiger charge is -2.46. The molecule has 3 aromatic carbocycles. The molecule has 4 aliphatic heterocycles. The number of likely N-dealkylation sites (tertiary alicyclic amines) is 2. The third-order valence-electron chi connectivity index (χ3n) is 13.1. The number of nitrogens with zero attached hydrogens (tertiary/aromatic N) is 6. The Morgan fingerprint density at radius 2 is 1.80 bits per heavy atom. The van der Waals surface area contributed by atoms with Crippen molar-refractivity contribution >= 4 is 50.2 Å². The standard InChI is InChI=1S/C45H51F2N9O8S/c1-3-53(2)65(61,62)52-38-9-7-35(46)42(34(38)25-48)64-31-5-8-37-33(23-31)44(60)56(27-49-37)30-14-21-63-45(24-30)15-19-55(20-16-45)41(58)26-54-17-12-28(13-18-54)32-6-4-29(22-36(32)47)50-39-10-11-40(57)51-43(39)59/h4-9,22-23,27-28,30,39,50,52H,3,10-21,24,26H2,1-2H3,(H,51,57,59). The molecule has 4 aliphatic rings. The highest BCUT2D eigenvalue weighted by Gasteiger charge is 2.42. The summed E-state index contributed by atoms with van der Waals surface area (Å²) in [7, 11) is -2.68. The SMILES string of the molecule is CCN(C)S(=O)(=O)Nc1ccc(F)c(Oc2ccc3ncn(C4CCOC5(CCN(C(=O)CN6CCC(c7ccc(NC8CCC(=O)NC8=O)cc7F)CC6)CC5)C4)c(=O)c3c2)c1C#N. The fraction of sp³-hybridized carbons (Fsp3) is 0.467. The van der Waals surface area contributed by atoms with Crippen LogP contribution >= 0.6 is 0 Å². The average Bonchev–Trinajstić information content (AvgIpc) is 3.29. The lowest BCUT2D eigenvalue weighted by molar-refractivity contribution is -0.147. The summed E-state index contributed by atoms with van der Waals surface area (Å²) in [4.78, 5) is 59.7. The predicted octanol–water partition coefficient (Wildman–Crippen LogP) is 4.76. The first kappa shape index (κ1) is 45.6. The number of rotatable bonds is 12. The summed E-state index contributed by atoms with van der Waals surface area (Å²) in [5.41, 5.74) is 0.0343. The van der Waals surface area contributed by atoms with Crippen molar-refractivity contribution in [2.75, 3.05) is 63.0 Å². The van der Waals surface area contributed by atoms with Crippen molar-refractivity contribution < 1.29 is 41.1 Å². The highest BCUT2D eigenvalue weighted by Crippen LogP contribution is 2.40. The van der Waals surface area contributed by atoms with Crippen LogP contribution in [-0.4, -0.2) is 114 Å². The maximum atomic E-state index is 15.3. The van der Waals surface area contributed by atoms with Gasteiger partial charge in [-0.1, -0.05) is 13.0 Å². The lowest BCUT2D eigenvalue weighted by Crippen LogP contribution is -2.53. The van der Waals surface area contributed by atoms with Crippen LogP contribution in [0.25, 0.3) is 10.9 Å². The monoisotopic (exact) mass is 915 g/mol. The number of aromatic nitrogens is 2. The first-order chi connectivity index (χ1) is 31.2. The van der Waals surface area contributed by atoms with E-state index in [4.69, 9.17) is 9.47 Å². The molecule has 0 aliphatic carbocycles. The van der Waals surface area contributed by atoms with E-state index in [1.54, 1.807) is 29.7 Å². The number of nitrogens with one attached hydrogen (secondary N) is 3. The normalized spacial score (nSPS) is 20.7. The topological polar surface area (TPSA) is 208 Å². The molecule has 5 heterocycles. The van der Waals surface area contributed by atoms with Gasteiger partial charge in [0, 0.05) is 51.4 Å². The number of hydrogen-bond acceptors (Lipinski definition) is 12. The molecule has 8 rings (SSSR count). The number of piperidine rings is 3. The number of carbonyl (C=O) groups excluding carboxylic acids is 3. The van der Waals surface area contributed by atoms with Crippen LogP contribution in [0.2, 0.25) is 0 Å². The van der Waals surface area contributed by atoms with Crippen LogP contribution in [0.1, 0.15) is 81.4 Å². The van der Waals surface area contributed by atoms with Crippen molar-refractivity contribution in [3.8, 4) is 17.6 Å². The minimum absolute atomic E-state index is 0.00603. The van der Waals surface area contributed by atoms with E-state index in [0.717, 1.165) is 16.4 Å². The van der Waals surface area contributed by atoms with E-state index in [0.29, 0.717) is 94.5 Å². The Labute approximate surface area is 374 Å². The minimum atomic E-state index is -4.03. The second-order valence-corrected chi connectivity index (χ2v) is 18.9. The summed E-state index contributed by atoms with van der Waals surface area (Å²) in [6.45, 7) is 4.74. The quantitative estimate of drug-likeness (QED) is 0.165. The molecule has 3 amide bonds. The Morgan fingerprint density at radius 3 is 2.51 bits per heavy atom. The summed E-state index contributed by atoms with van der Waals surface area (Å²) >= 11 is 0. The molecule has 4 aromatic rings. The van der Waals surface area contributed by atoms with Crippen LogP contribution < -0.4 is 25.7 Å². The molecule has 2 atom stereocenters. The summed E-state index contributed by atoms with van der Waals surface area (Å²) in [5, 5.41) is 15.5. The number of nitriles is 1. The van der Waals surface area contributed by atoms with Crippen molar-refractivity contribution in [3.05, 3.63) is 88.0 Å². The fourth-order valence-electron chi connectivity index (χ4n) is 9.22. The first-order valence-corrected chi connectivity index (χ1v) is 23.3. The maximum Gasteiger partial charge on any atom is 0.301 e. The second kappa shape index (κ2) is 18.8. The molecule has 3 N–H and O–H groups in total. The van der Waals surface area contributed by atoms with Gasteiger partial charge in [-0.15, -0.1) is 0 Å². The number of imide groups is 1. The van der Waals surface area contributed by atoms with Gasteiger partial charge in [0.05, 0.1) is 35.1 Å². The molecular weight excluding hydrogens is 865 g/mol. The molecule has 1 aromatic heterocycles. The minimum Gasteiger partial charge on any atom is -0.453 e. The first-order valence-electron chi connectivity index (χ1n) is 21.8. The Kier molecular flexibility index (Phi) is 13.2. The zero-order chi connectivity index (χ0) is 46.0. The summed E-state index contributed by atoms with van der Waals surface area (Å²) < 4.78 is 73.0. The van der Waals surface area contributed by atoms with Gasteiger partial charge in [0.1, 0.15) is 29.2 Å². The van der Waals surface area contributed by atoms with Gasteiger partial charge in [0.25, 0.3) is 5.56 Å². The largest absolute Gasteiger partial charge is 0.453 e. The smallest absolute Gasteiger partial charge is 0.301 e. The molecule has 344 valence electrons. The Hall–Kier alpha value is -6.01. The molecular formula is C45H51F2N9O8S. The van der Waals surface area contributed by atoms with Gasteiger partial charge in [-0.25, -0.2) is 13.8 Å². The Bertz CT molecular complexity index is 2710. The van der Waals surface area contributed by atoms with Crippen LogP contribution in [0.5, 0.6) is 11.5 Å². The zero-order valence-electron chi connectivity index (χ0n) is 36.1. The van der Waals surface area contributed by atoms with Crippen LogP contribution in [0.15, 0.2) is 59.7 Å². The molecule has 17 nitrogen and oxygen atoms in total. The van der Waals surface area contributed by atoms with Gasteiger partial charge >= 0.3 is 10.2 Å². The van der Waals surface area contributed by atoms with E-state index >= 15 is 8.78 Å². The van der Waals surface area contributed by atoms with Gasteiger partial charge in [0.2, 0.25) is 17.7 Å². The number of benzene rings is 3. The Morgan fingerprint density at radius 1 is 1.03 bits per heavy atom.